The molecule has 33 heteroatoms. The normalized spacial score (nSPS) is 15.9. The predicted molar refractivity (Wildman–Crippen MR) is 329 cm³/mol. The average Bonchev–Trinajstić information content (AvgIpc) is 4.34. The van der Waals surface area contributed by atoms with Gasteiger partial charge in [-0.05, 0) is 135 Å². The Hall–Kier alpha value is -7.40. The van der Waals surface area contributed by atoms with Gasteiger partial charge in [0.05, 0.1) is 25.0 Å². The first-order chi connectivity index (χ1) is 42.1. The van der Waals surface area contributed by atoms with E-state index in [0.29, 0.717) is 89.7 Å². The van der Waals surface area contributed by atoms with E-state index in [1.807, 2.05) is 0 Å². The minimum absolute atomic E-state index is 0.0296. The second-order valence-electron chi connectivity index (χ2n) is 21.9. The molecule has 1 aliphatic heterocycles. The lowest BCUT2D eigenvalue weighted by Crippen LogP contribution is -2.61. The molecule has 1 aliphatic rings. The Bertz CT molecular complexity index is 2390. The number of nitrogens with zero attached hydrogens (tertiary/aromatic N) is 3. The number of aliphatic hydroxyl groups is 1. The van der Waals surface area contributed by atoms with Crippen molar-refractivity contribution in [2.24, 2.45) is 62.5 Å². The molecular formula is C55H102N22O11. The number of carbonyl (C=O) groups is 10. The number of aliphatic imine (C=N–C) groups is 1. The summed E-state index contributed by atoms with van der Waals surface area (Å²) in [6.45, 7) is 4.13. The molecule has 0 radical (unpaired) electrons. The Morgan fingerprint density at radius 3 is 1.86 bits per heavy atom. The van der Waals surface area contributed by atoms with Crippen LogP contribution in [0.15, 0.2) is 29.3 Å². The van der Waals surface area contributed by atoms with E-state index in [9.17, 15) is 53.1 Å². The number of nitrogens with one attached hydrogen (secondary N) is 10. The highest BCUT2D eigenvalue weighted by Gasteiger charge is 2.40. The fourth-order valence-electron chi connectivity index (χ4n) is 9.31. The number of hydrogen-bond donors (Lipinski definition) is 20. The number of imidazole rings is 1. The highest BCUT2D eigenvalue weighted by atomic mass is 16.3. The molecule has 1 saturated heterocycles. The Kier molecular flexibility index (Phi) is 37.7. The number of hydrogen-bond acceptors (Lipinski definition) is 20. The van der Waals surface area contributed by atoms with Crippen molar-refractivity contribution in [3.8, 4) is 0 Å². The smallest absolute Gasteiger partial charge is 0.268 e. The number of aromatic nitrogens is 2. The average molecular weight is 1250 g/mol. The van der Waals surface area contributed by atoms with Gasteiger partial charge in [0.2, 0.25) is 53.2 Å². The van der Waals surface area contributed by atoms with Crippen LogP contribution in [0.3, 0.4) is 0 Å². The van der Waals surface area contributed by atoms with Crippen molar-refractivity contribution in [1.82, 2.24) is 62.7 Å². The minimum atomic E-state index is -1.58. The Morgan fingerprint density at radius 1 is 0.670 bits per heavy atom. The maximum absolute atomic E-state index is 14.5. The number of amides is 10. The van der Waals surface area contributed by atoms with Crippen LogP contribution in [0.2, 0.25) is 0 Å². The van der Waals surface area contributed by atoms with Gasteiger partial charge in [-0.25, -0.2) is 4.98 Å². The van der Waals surface area contributed by atoms with Crippen molar-refractivity contribution in [1.29, 1.82) is 0 Å². The number of rotatable bonds is 45. The third kappa shape index (κ3) is 28.6. The van der Waals surface area contributed by atoms with Crippen LogP contribution in [0.25, 0.3) is 0 Å². The zero-order chi connectivity index (χ0) is 65.6. The van der Waals surface area contributed by atoms with E-state index in [1.54, 1.807) is 13.8 Å². The summed E-state index contributed by atoms with van der Waals surface area (Å²) < 4.78 is 0. The summed E-state index contributed by atoms with van der Waals surface area (Å²) in [4.78, 5) is 151. The van der Waals surface area contributed by atoms with Crippen LogP contribution in [0.1, 0.15) is 122 Å². The predicted octanol–water partition coefficient (Wildman–Crippen LogP) is -7.08. The van der Waals surface area contributed by atoms with E-state index in [-0.39, 0.29) is 89.2 Å². The van der Waals surface area contributed by atoms with E-state index in [1.165, 1.54) is 23.5 Å². The molecule has 0 spiro atoms. The van der Waals surface area contributed by atoms with Gasteiger partial charge in [-0.15, -0.1) is 0 Å². The molecular weight excluding hydrogens is 1140 g/mol. The third-order valence-electron chi connectivity index (χ3n) is 14.3. The van der Waals surface area contributed by atoms with E-state index in [2.05, 4.69) is 62.8 Å². The van der Waals surface area contributed by atoms with Crippen molar-refractivity contribution in [2.45, 2.75) is 177 Å². The highest BCUT2D eigenvalue weighted by molar-refractivity contribution is 6.02. The third-order valence-corrected chi connectivity index (χ3v) is 14.3. The van der Waals surface area contributed by atoms with Crippen LogP contribution in [-0.4, -0.2) is 205 Å². The molecule has 29 N–H and O–H groups in total. The van der Waals surface area contributed by atoms with Crippen LogP contribution in [0.5, 0.6) is 0 Å². The topological polar surface area (TPSA) is 578 Å². The number of aliphatic hydroxyl groups excluding tert-OH is 1. The summed E-state index contributed by atoms with van der Waals surface area (Å²) in [7, 11) is 0. The van der Waals surface area contributed by atoms with E-state index >= 15 is 0 Å². The quantitative estimate of drug-likeness (QED) is 0.0125. The fraction of sp³-hybridized carbons (Fsp3) is 0.709. The zero-order valence-electron chi connectivity index (χ0n) is 51.2. The molecule has 1 fully saturated rings. The molecule has 10 amide bonds. The molecule has 2 rings (SSSR count). The number of guanidine groups is 1. The number of nitrogens with two attached hydrogens (primary N) is 9. The molecule has 0 unspecified atom stereocenters. The van der Waals surface area contributed by atoms with Crippen molar-refractivity contribution < 1.29 is 53.1 Å². The standard InChI is InChI=1S/C55H102N22O11/c1-33(2)44(75-53(87)45(42(78)29-61)76-46(80)35(62)14-3-6-20-56)52(86)68-31-43(79)70-39(17-11-24-60)54(88)77-27-13-19-41(77)51(85)74-40(28-34-30-65-32-69-34)50(84)73-37(16-5-8-22-58)48(82)72-38(18-12-26-67-55(63)64)49(83)71-36(15-4-7-21-57)47(81)66-25-10-9-23-59/h18,30,32-33,35-37,39-42,44-45,78H,3-17,19-29,31,56-62H2,1-2H3,(H,65,69)(H,66,81)(H,68,86)(H,70,79)(H,71,83)(H,72,82)(H,73,84)(H,74,85)(H,75,87)(H,76,80)(H4,63,64,67)/b38-18-/t35-,36-,37-,39+,40-,41-,42-,44-,45-/m0/s1. The molecule has 9 atom stereocenters. The molecule has 1 aromatic heterocycles. The lowest BCUT2D eigenvalue weighted by Gasteiger charge is -2.30. The van der Waals surface area contributed by atoms with Crippen LogP contribution >= 0.6 is 0 Å². The van der Waals surface area contributed by atoms with Crippen molar-refractivity contribution >= 4 is 65.0 Å². The van der Waals surface area contributed by atoms with Crippen LogP contribution < -0.4 is 99.5 Å². The molecule has 0 aliphatic carbocycles. The lowest BCUT2D eigenvalue weighted by molar-refractivity contribution is -0.142. The van der Waals surface area contributed by atoms with Gasteiger partial charge in [-0.3, -0.25) is 52.9 Å². The minimum Gasteiger partial charge on any atom is -0.389 e. The highest BCUT2D eigenvalue weighted by Crippen LogP contribution is 2.21. The van der Waals surface area contributed by atoms with Gasteiger partial charge in [0.15, 0.2) is 5.96 Å². The van der Waals surface area contributed by atoms with Crippen molar-refractivity contribution in [2.75, 3.05) is 65.4 Å². The first-order valence-corrected chi connectivity index (χ1v) is 30.4. The van der Waals surface area contributed by atoms with Crippen LogP contribution in [-0.2, 0) is 54.4 Å². The van der Waals surface area contributed by atoms with Gasteiger partial charge in [0, 0.05) is 44.5 Å². The maximum atomic E-state index is 14.5. The van der Waals surface area contributed by atoms with Gasteiger partial charge in [-0.1, -0.05) is 26.3 Å². The summed E-state index contributed by atoms with van der Waals surface area (Å²) >= 11 is 0. The number of H-pyrrole nitrogens is 1. The van der Waals surface area contributed by atoms with Crippen molar-refractivity contribution in [3.63, 3.8) is 0 Å². The van der Waals surface area contributed by atoms with Crippen LogP contribution in [0.4, 0.5) is 0 Å². The monoisotopic (exact) mass is 1250 g/mol. The van der Waals surface area contributed by atoms with Crippen LogP contribution in [0, 0.1) is 5.92 Å². The molecule has 1 aromatic rings. The second kappa shape index (κ2) is 43.3. The molecule has 0 saturated carbocycles. The van der Waals surface area contributed by atoms with Gasteiger partial charge in [-0.2, -0.15) is 0 Å². The van der Waals surface area contributed by atoms with Gasteiger partial charge in [0.1, 0.15) is 48.0 Å². The number of likely N-dealkylation sites (tertiary alicyclic amines) is 1. The second-order valence-corrected chi connectivity index (χ2v) is 21.9. The van der Waals surface area contributed by atoms with Crippen molar-refractivity contribution in [3.05, 3.63) is 30.0 Å². The molecule has 0 bridgehead atoms. The van der Waals surface area contributed by atoms with E-state index in [4.69, 9.17) is 51.6 Å². The first-order valence-electron chi connectivity index (χ1n) is 30.4. The Morgan fingerprint density at radius 2 is 1.27 bits per heavy atom. The molecule has 88 heavy (non-hydrogen) atoms. The molecule has 2 heterocycles. The number of unbranched alkanes of at least 4 members (excludes halogenated alkanes) is 4. The summed E-state index contributed by atoms with van der Waals surface area (Å²) in [6, 6.07) is -9.98. The summed E-state index contributed by atoms with van der Waals surface area (Å²) in [5, 5.41) is 34.3. The van der Waals surface area contributed by atoms with E-state index < -0.39 is 133 Å². The van der Waals surface area contributed by atoms with Gasteiger partial charge >= 0.3 is 0 Å². The Balaban J connectivity index is 2.37. The lowest BCUT2D eigenvalue weighted by atomic mass is 10.0. The molecule has 0 aromatic carbocycles. The largest absolute Gasteiger partial charge is 0.389 e. The first kappa shape index (κ1) is 76.7. The summed E-state index contributed by atoms with van der Waals surface area (Å²) in [5.74, 6) is -8.34. The number of aromatic amines is 1. The molecule has 33 nitrogen and oxygen atoms in total. The maximum Gasteiger partial charge on any atom is 0.268 e. The Labute approximate surface area is 514 Å². The zero-order valence-corrected chi connectivity index (χ0v) is 51.2. The molecule has 498 valence electrons. The fourth-order valence-corrected chi connectivity index (χ4v) is 9.31. The SMILES string of the molecule is CC(C)[C@H](NC(=O)[C@@H](NC(=O)[C@@H](N)CCCCN)[C@@H](O)CN)C(=O)NCC(=O)N[C@H](CCCN)C(=O)N1CCC[C@H]1C(=O)N[C@@H](Cc1cnc[nH]1)C(=O)N[C@@H](CCCCN)C(=O)N/C(=C\CCN=C(N)N)C(=O)N[C@@H](CCCCN)C(=O)NCCCCN. The number of carbonyl (C=O) groups excluding carboxylic acids is 10. The van der Waals surface area contributed by atoms with E-state index in [0.717, 1.165) is 0 Å². The van der Waals surface area contributed by atoms with Gasteiger partial charge < -0.3 is 114 Å². The summed E-state index contributed by atoms with van der Waals surface area (Å²) in [5.41, 5.74) is 51.4. The summed E-state index contributed by atoms with van der Waals surface area (Å²) in [6.07, 6.45) is 8.19. The van der Waals surface area contributed by atoms with Gasteiger partial charge in [0.25, 0.3) is 5.91 Å².